The fourth-order valence-electron chi connectivity index (χ4n) is 11.4. The SMILES string of the molecule is CC1(C)c2ccccc2-c2ccc(-n3c4ccccc4c4cc(-c5cc(-c6ccccc6)cc(-c6cccc7c6c6ccccc6n7-c6ccc7oc8ccccc8c7c6)c5)ccc43)cc21. The third-order valence-electron chi connectivity index (χ3n) is 14.5. The zero-order valence-corrected chi connectivity index (χ0v) is 36.6. The summed E-state index contributed by atoms with van der Waals surface area (Å²) < 4.78 is 11.1. The molecule has 0 aliphatic heterocycles. The Bertz CT molecular complexity index is 4140. The number of aromatic nitrogens is 2. The van der Waals surface area contributed by atoms with E-state index >= 15 is 0 Å². The summed E-state index contributed by atoms with van der Waals surface area (Å²) in [6, 6.07) is 80.4. The Morgan fingerprint density at radius 2 is 0.909 bits per heavy atom. The number of para-hydroxylation sites is 3. The monoisotopic (exact) mass is 842 g/mol. The smallest absolute Gasteiger partial charge is 0.135 e. The highest BCUT2D eigenvalue weighted by molar-refractivity contribution is 6.17. The van der Waals surface area contributed by atoms with Crippen molar-refractivity contribution in [2.75, 3.05) is 0 Å². The second-order valence-corrected chi connectivity index (χ2v) is 18.5. The maximum absolute atomic E-state index is 6.26. The minimum absolute atomic E-state index is 0.0848. The van der Waals surface area contributed by atoms with Crippen LogP contribution >= 0.6 is 0 Å². The molecule has 13 aromatic rings. The average molecular weight is 843 g/mol. The lowest BCUT2D eigenvalue weighted by Gasteiger charge is -2.22. The highest BCUT2D eigenvalue weighted by atomic mass is 16.3. The number of furan rings is 1. The van der Waals surface area contributed by atoms with Gasteiger partial charge in [-0.1, -0.05) is 147 Å². The molecule has 0 spiro atoms. The number of rotatable bonds is 5. The molecule has 0 radical (unpaired) electrons. The summed E-state index contributed by atoms with van der Waals surface area (Å²) in [7, 11) is 0. The second kappa shape index (κ2) is 13.8. The van der Waals surface area contributed by atoms with Gasteiger partial charge in [-0.05, 0) is 141 Å². The van der Waals surface area contributed by atoms with Gasteiger partial charge in [0.2, 0.25) is 0 Å². The minimum atomic E-state index is -0.0848. The number of fused-ring (bicyclic) bond motifs is 12. The third kappa shape index (κ3) is 5.31. The number of benzene rings is 10. The molecule has 310 valence electrons. The largest absolute Gasteiger partial charge is 0.456 e. The predicted molar refractivity (Wildman–Crippen MR) is 276 cm³/mol. The molecular formula is C63H42N2O. The first kappa shape index (κ1) is 37.0. The van der Waals surface area contributed by atoms with Crippen LogP contribution in [0.5, 0.6) is 0 Å². The van der Waals surface area contributed by atoms with E-state index in [1.165, 1.54) is 105 Å². The fourth-order valence-corrected chi connectivity index (χ4v) is 11.4. The van der Waals surface area contributed by atoms with Gasteiger partial charge in [0.1, 0.15) is 11.2 Å². The molecule has 0 saturated heterocycles. The van der Waals surface area contributed by atoms with Gasteiger partial charge in [-0.15, -0.1) is 0 Å². The van der Waals surface area contributed by atoms with Crippen LogP contribution in [0.1, 0.15) is 25.0 Å². The molecule has 3 heteroatoms. The van der Waals surface area contributed by atoms with E-state index in [0.29, 0.717) is 0 Å². The normalized spacial score (nSPS) is 13.1. The lowest BCUT2D eigenvalue weighted by molar-refractivity contribution is 0.660. The molecule has 1 aliphatic rings. The fraction of sp³-hybridized carbons (Fsp3) is 0.0476. The first-order valence-corrected chi connectivity index (χ1v) is 22.9. The molecule has 3 aromatic heterocycles. The van der Waals surface area contributed by atoms with Crippen molar-refractivity contribution in [2.45, 2.75) is 19.3 Å². The predicted octanol–water partition coefficient (Wildman–Crippen LogP) is 17.1. The van der Waals surface area contributed by atoms with Gasteiger partial charge in [0.25, 0.3) is 0 Å². The van der Waals surface area contributed by atoms with Crippen molar-refractivity contribution in [3.05, 3.63) is 230 Å². The van der Waals surface area contributed by atoms with Crippen LogP contribution in [0.15, 0.2) is 223 Å². The minimum Gasteiger partial charge on any atom is -0.456 e. The van der Waals surface area contributed by atoms with Crippen molar-refractivity contribution in [1.82, 2.24) is 9.13 Å². The van der Waals surface area contributed by atoms with Gasteiger partial charge in [-0.3, -0.25) is 0 Å². The molecule has 0 bridgehead atoms. The number of hydrogen-bond acceptors (Lipinski definition) is 1. The maximum atomic E-state index is 6.26. The molecule has 10 aromatic carbocycles. The van der Waals surface area contributed by atoms with E-state index in [1.54, 1.807) is 0 Å². The highest BCUT2D eigenvalue weighted by Gasteiger charge is 2.35. The average Bonchev–Trinajstić information content (AvgIpc) is 4.08. The van der Waals surface area contributed by atoms with Crippen molar-refractivity contribution in [3.8, 4) is 55.9 Å². The van der Waals surface area contributed by atoms with Crippen LogP contribution in [0.4, 0.5) is 0 Å². The topological polar surface area (TPSA) is 23.0 Å². The molecule has 0 N–H and O–H groups in total. The Balaban J connectivity index is 0.958. The van der Waals surface area contributed by atoms with E-state index in [-0.39, 0.29) is 5.41 Å². The zero-order chi connectivity index (χ0) is 43.7. The van der Waals surface area contributed by atoms with Crippen LogP contribution in [-0.4, -0.2) is 9.13 Å². The van der Waals surface area contributed by atoms with Crippen LogP contribution < -0.4 is 0 Å². The highest BCUT2D eigenvalue weighted by Crippen LogP contribution is 2.50. The Kier molecular flexibility index (Phi) is 7.74. The van der Waals surface area contributed by atoms with Crippen LogP contribution in [0.3, 0.4) is 0 Å². The van der Waals surface area contributed by atoms with Crippen molar-refractivity contribution in [1.29, 1.82) is 0 Å². The molecule has 0 unspecified atom stereocenters. The van der Waals surface area contributed by atoms with Gasteiger partial charge in [0.15, 0.2) is 0 Å². The van der Waals surface area contributed by atoms with Gasteiger partial charge < -0.3 is 13.6 Å². The Hall–Kier alpha value is -8.40. The van der Waals surface area contributed by atoms with Gasteiger partial charge in [0, 0.05) is 49.1 Å². The standard InChI is InChI=1S/C63H42N2O/c1-63(2)54-22-10-6-17-47(54)48-30-28-45(38-55(48)63)64-56-23-11-7-18-49(56)52-36-40(27-31-58(52)64)42-33-41(39-15-4-3-5-16-39)34-43(35-42)46-21-14-25-59-62(46)51-20-8-12-24-57(51)65(59)44-29-32-61-53(37-44)50-19-9-13-26-60(50)66-61/h3-38H,1-2H3. The van der Waals surface area contributed by atoms with Gasteiger partial charge in [0.05, 0.1) is 22.1 Å². The molecule has 0 amide bonds. The van der Waals surface area contributed by atoms with Gasteiger partial charge >= 0.3 is 0 Å². The molecule has 3 nitrogen and oxygen atoms in total. The Labute approximate surface area is 382 Å². The summed E-state index contributed by atoms with van der Waals surface area (Å²) in [5.41, 5.74) is 21.3. The molecule has 1 aliphatic carbocycles. The van der Waals surface area contributed by atoms with Crippen molar-refractivity contribution >= 4 is 65.6 Å². The Morgan fingerprint density at radius 3 is 1.77 bits per heavy atom. The summed E-state index contributed by atoms with van der Waals surface area (Å²) in [5.74, 6) is 0. The maximum Gasteiger partial charge on any atom is 0.135 e. The number of nitrogens with zero attached hydrogens (tertiary/aromatic N) is 2. The molecule has 0 atom stereocenters. The first-order chi connectivity index (χ1) is 32.5. The van der Waals surface area contributed by atoms with Crippen molar-refractivity contribution in [3.63, 3.8) is 0 Å². The number of hydrogen-bond donors (Lipinski definition) is 0. The van der Waals surface area contributed by atoms with Crippen molar-refractivity contribution in [2.24, 2.45) is 0 Å². The van der Waals surface area contributed by atoms with Crippen LogP contribution in [0, 0.1) is 0 Å². The molecule has 66 heavy (non-hydrogen) atoms. The second-order valence-electron chi connectivity index (χ2n) is 18.5. The van der Waals surface area contributed by atoms with E-state index < -0.39 is 0 Å². The van der Waals surface area contributed by atoms with E-state index in [9.17, 15) is 0 Å². The Morgan fingerprint density at radius 1 is 0.318 bits per heavy atom. The van der Waals surface area contributed by atoms with Gasteiger partial charge in [-0.2, -0.15) is 0 Å². The molecule has 14 rings (SSSR count). The van der Waals surface area contributed by atoms with Gasteiger partial charge in [-0.25, -0.2) is 0 Å². The summed E-state index contributed by atoms with van der Waals surface area (Å²) in [4.78, 5) is 0. The van der Waals surface area contributed by atoms with E-state index in [1.807, 2.05) is 12.1 Å². The van der Waals surface area contributed by atoms with E-state index in [0.717, 1.165) is 27.6 Å². The summed E-state index contributed by atoms with van der Waals surface area (Å²) in [6.45, 7) is 4.72. The van der Waals surface area contributed by atoms with E-state index in [4.69, 9.17) is 4.42 Å². The molecular weight excluding hydrogens is 801 g/mol. The lowest BCUT2D eigenvalue weighted by Crippen LogP contribution is -2.15. The summed E-state index contributed by atoms with van der Waals surface area (Å²) in [5, 5.41) is 7.19. The lowest BCUT2D eigenvalue weighted by atomic mass is 9.82. The van der Waals surface area contributed by atoms with Crippen LogP contribution in [0.2, 0.25) is 0 Å². The van der Waals surface area contributed by atoms with Crippen LogP contribution in [0.25, 0.3) is 121 Å². The third-order valence-corrected chi connectivity index (χ3v) is 14.5. The van der Waals surface area contributed by atoms with Crippen molar-refractivity contribution < 1.29 is 4.42 Å². The molecule has 0 saturated carbocycles. The quantitative estimate of drug-likeness (QED) is 0.169. The molecule has 0 fully saturated rings. The zero-order valence-electron chi connectivity index (χ0n) is 36.6. The van der Waals surface area contributed by atoms with Crippen LogP contribution in [-0.2, 0) is 5.41 Å². The first-order valence-electron chi connectivity index (χ1n) is 22.9. The summed E-state index contributed by atoms with van der Waals surface area (Å²) >= 11 is 0. The molecule has 3 heterocycles. The summed E-state index contributed by atoms with van der Waals surface area (Å²) in [6.07, 6.45) is 0. The van der Waals surface area contributed by atoms with E-state index in [2.05, 4.69) is 229 Å².